The largest absolute Gasteiger partial charge is 0.508 e. The van der Waals surface area contributed by atoms with E-state index in [-0.39, 0.29) is 34.6 Å². The Balaban J connectivity index is 1.69. The van der Waals surface area contributed by atoms with Gasteiger partial charge in [-0.05, 0) is 36.2 Å². The lowest BCUT2D eigenvalue weighted by Gasteiger charge is -2.31. The number of amides is 1. The summed E-state index contributed by atoms with van der Waals surface area (Å²) in [4.78, 5) is 14.9. The average molecular weight is 425 g/mol. The van der Waals surface area contributed by atoms with E-state index >= 15 is 0 Å². The van der Waals surface area contributed by atoms with Crippen molar-refractivity contribution in [2.45, 2.75) is 18.5 Å². The number of benzene rings is 2. The van der Waals surface area contributed by atoms with Crippen LogP contribution in [0.15, 0.2) is 48.5 Å². The predicted octanol–water partition coefficient (Wildman–Crippen LogP) is 2.22. The van der Waals surface area contributed by atoms with Crippen molar-refractivity contribution in [1.82, 2.24) is 15.1 Å². The minimum absolute atomic E-state index is 0.0330. The van der Waals surface area contributed by atoms with Crippen LogP contribution in [0.5, 0.6) is 11.5 Å². The standard InChI is InChI=1S/C21H19N3O5S/c25-14-7-5-12(6-8-14)20-17-18(15-3-1-2-4-16(15)26)22-23-19(17)21(27)24(20)13-9-10-30(28,29)11-13/h1-8,13,20,25-26H,9-11H2,(H,22,23). The summed E-state index contributed by atoms with van der Waals surface area (Å²) in [5.41, 5.74) is 2.53. The van der Waals surface area contributed by atoms with E-state index < -0.39 is 21.9 Å². The molecular formula is C21H19N3O5S. The number of H-pyrrole nitrogens is 1. The van der Waals surface area contributed by atoms with Gasteiger partial charge in [-0.25, -0.2) is 8.42 Å². The molecule has 2 aliphatic rings. The quantitative estimate of drug-likeness (QED) is 0.591. The molecule has 30 heavy (non-hydrogen) atoms. The third-order valence-corrected chi connectivity index (χ3v) is 7.52. The van der Waals surface area contributed by atoms with Gasteiger partial charge in [0.2, 0.25) is 0 Å². The van der Waals surface area contributed by atoms with Gasteiger partial charge in [-0.2, -0.15) is 5.10 Å². The summed E-state index contributed by atoms with van der Waals surface area (Å²) in [6, 6.07) is 12.2. The minimum Gasteiger partial charge on any atom is -0.508 e. The number of sulfone groups is 1. The third-order valence-electron chi connectivity index (χ3n) is 5.77. The van der Waals surface area contributed by atoms with Crippen LogP contribution in [0.3, 0.4) is 0 Å². The molecule has 8 nitrogen and oxygen atoms in total. The van der Waals surface area contributed by atoms with E-state index in [1.165, 1.54) is 12.1 Å². The first-order chi connectivity index (χ1) is 14.4. The highest BCUT2D eigenvalue weighted by Crippen LogP contribution is 2.46. The van der Waals surface area contributed by atoms with E-state index in [1.807, 2.05) is 0 Å². The van der Waals surface area contributed by atoms with Crippen molar-refractivity contribution < 1.29 is 23.4 Å². The van der Waals surface area contributed by atoms with Crippen molar-refractivity contribution in [3.63, 3.8) is 0 Å². The first-order valence-corrected chi connectivity index (χ1v) is 11.4. The molecule has 0 aliphatic carbocycles. The maximum absolute atomic E-state index is 13.3. The molecule has 2 aliphatic heterocycles. The summed E-state index contributed by atoms with van der Waals surface area (Å²) in [7, 11) is -3.21. The Morgan fingerprint density at radius 3 is 2.47 bits per heavy atom. The molecule has 2 aromatic carbocycles. The number of aromatic hydroxyl groups is 2. The predicted molar refractivity (Wildman–Crippen MR) is 109 cm³/mol. The van der Waals surface area contributed by atoms with Gasteiger partial charge in [0.05, 0.1) is 17.5 Å². The van der Waals surface area contributed by atoms with Gasteiger partial charge < -0.3 is 15.1 Å². The fraction of sp³-hybridized carbons (Fsp3) is 0.238. The number of aromatic amines is 1. The maximum Gasteiger partial charge on any atom is 0.273 e. The van der Waals surface area contributed by atoms with Crippen molar-refractivity contribution in [3.05, 3.63) is 65.4 Å². The number of hydrogen-bond acceptors (Lipinski definition) is 6. The molecule has 0 bridgehead atoms. The van der Waals surface area contributed by atoms with E-state index in [2.05, 4.69) is 10.2 Å². The molecule has 9 heteroatoms. The van der Waals surface area contributed by atoms with Gasteiger partial charge in [0.25, 0.3) is 5.91 Å². The number of fused-ring (bicyclic) bond motifs is 1. The van der Waals surface area contributed by atoms with E-state index in [0.29, 0.717) is 23.2 Å². The molecule has 1 fully saturated rings. The molecule has 1 amide bonds. The van der Waals surface area contributed by atoms with Crippen molar-refractivity contribution in [2.24, 2.45) is 0 Å². The van der Waals surface area contributed by atoms with Gasteiger partial charge in [0, 0.05) is 17.2 Å². The van der Waals surface area contributed by atoms with Crippen LogP contribution in [0.2, 0.25) is 0 Å². The van der Waals surface area contributed by atoms with Gasteiger partial charge in [-0.3, -0.25) is 9.89 Å². The smallest absolute Gasteiger partial charge is 0.273 e. The monoisotopic (exact) mass is 425 g/mol. The molecule has 1 aromatic heterocycles. The number of carbonyl (C=O) groups excluding carboxylic acids is 1. The molecule has 2 atom stereocenters. The number of phenols is 2. The molecule has 3 N–H and O–H groups in total. The number of hydrogen-bond donors (Lipinski definition) is 3. The molecule has 3 aromatic rings. The molecule has 0 spiro atoms. The van der Waals surface area contributed by atoms with Crippen LogP contribution < -0.4 is 0 Å². The summed E-state index contributed by atoms with van der Waals surface area (Å²) >= 11 is 0. The maximum atomic E-state index is 13.3. The van der Waals surface area contributed by atoms with E-state index in [1.54, 1.807) is 41.3 Å². The lowest BCUT2D eigenvalue weighted by atomic mass is 9.95. The Labute approximate surface area is 172 Å². The molecule has 0 saturated carbocycles. The first-order valence-electron chi connectivity index (χ1n) is 9.54. The molecule has 0 radical (unpaired) electrons. The Morgan fingerprint density at radius 2 is 1.80 bits per heavy atom. The topological polar surface area (TPSA) is 124 Å². The van der Waals surface area contributed by atoms with Crippen molar-refractivity contribution in [3.8, 4) is 22.8 Å². The van der Waals surface area contributed by atoms with Gasteiger partial charge >= 0.3 is 0 Å². The van der Waals surface area contributed by atoms with Crippen LogP contribution >= 0.6 is 0 Å². The lowest BCUT2D eigenvalue weighted by Crippen LogP contribution is -2.40. The summed E-state index contributed by atoms with van der Waals surface area (Å²) in [5, 5.41) is 27.2. The number of nitrogens with one attached hydrogen (secondary N) is 1. The SMILES string of the molecule is O=C1c2[nH]nc(-c3ccccc3O)c2C(c2ccc(O)cc2)N1C1CCS(=O)(=O)C1. The summed E-state index contributed by atoms with van der Waals surface area (Å²) < 4.78 is 24.2. The number of carbonyl (C=O) groups is 1. The van der Waals surface area contributed by atoms with Crippen LogP contribution in [0.1, 0.15) is 34.1 Å². The van der Waals surface area contributed by atoms with E-state index in [4.69, 9.17) is 0 Å². The van der Waals surface area contributed by atoms with Crippen LogP contribution in [0.4, 0.5) is 0 Å². The minimum atomic E-state index is -3.21. The normalized spacial score (nSPS) is 22.4. The van der Waals surface area contributed by atoms with Crippen LogP contribution in [-0.2, 0) is 9.84 Å². The second-order valence-corrected chi connectivity index (χ2v) is 9.87. The lowest BCUT2D eigenvalue weighted by molar-refractivity contribution is 0.0678. The number of rotatable bonds is 3. The average Bonchev–Trinajstić information content (AvgIpc) is 3.37. The van der Waals surface area contributed by atoms with Crippen molar-refractivity contribution in [1.29, 1.82) is 0 Å². The highest BCUT2D eigenvalue weighted by molar-refractivity contribution is 7.91. The van der Waals surface area contributed by atoms with Gasteiger partial charge in [0.1, 0.15) is 22.9 Å². The van der Waals surface area contributed by atoms with Crippen LogP contribution in [-0.4, -0.2) is 57.2 Å². The molecule has 2 unspecified atom stereocenters. The van der Waals surface area contributed by atoms with E-state index in [9.17, 15) is 23.4 Å². The Morgan fingerprint density at radius 1 is 1.07 bits per heavy atom. The Bertz CT molecular complexity index is 1250. The molecular weight excluding hydrogens is 406 g/mol. The number of nitrogens with zero attached hydrogens (tertiary/aromatic N) is 2. The number of para-hydroxylation sites is 1. The summed E-state index contributed by atoms with van der Waals surface area (Å²) in [6.07, 6.45) is 0.367. The highest BCUT2D eigenvalue weighted by Gasteiger charge is 2.48. The van der Waals surface area contributed by atoms with Gasteiger partial charge in [-0.15, -0.1) is 0 Å². The van der Waals surface area contributed by atoms with E-state index in [0.717, 1.165) is 5.56 Å². The molecule has 1 saturated heterocycles. The Hall–Kier alpha value is -3.33. The van der Waals surface area contributed by atoms with Crippen LogP contribution in [0.25, 0.3) is 11.3 Å². The number of aromatic nitrogens is 2. The number of phenolic OH excluding ortho intramolecular Hbond substituents is 2. The zero-order valence-electron chi connectivity index (χ0n) is 15.8. The Kier molecular flexibility index (Phi) is 4.11. The zero-order chi connectivity index (χ0) is 21.0. The summed E-state index contributed by atoms with van der Waals surface area (Å²) in [5.74, 6) is -0.240. The zero-order valence-corrected chi connectivity index (χ0v) is 16.6. The summed E-state index contributed by atoms with van der Waals surface area (Å²) in [6.45, 7) is 0. The third kappa shape index (κ3) is 2.85. The fourth-order valence-corrected chi connectivity index (χ4v) is 6.11. The molecule has 3 heterocycles. The van der Waals surface area contributed by atoms with Crippen molar-refractivity contribution >= 4 is 15.7 Å². The second kappa shape index (κ2) is 6.60. The fourth-order valence-electron chi connectivity index (χ4n) is 4.40. The molecule has 5 rings (SSSR count). The van der Waals surface area contributed by atoms with Crippen LogP contribution in [0, 0.1) is 0 Å². The second-order valence-electron chi connectivity index (χ2n) is 7.64. The molecule has 154 valence electrons. The van der Waals surface area contributed by atoms with Crippen molar-refractivity contribution in [2.75, 3.05) is 11.5 Å². The van der Waals surface area contributed by atoms with Gasteiger partial charge in [0.15, 0.2) is 9.84 Å². The first kappa shape index (κ1) is 18.7. The highest BCUT2D eigenvalue weighted by atomic mass is 32.2. The van der Waals surface area contributed by atoms with Gasteiger partial charge in [-0.1, -0.05) is 24.3 Å².